The molecule has 0 unspecified atom stereocenters. The normalized spacial score (nSPS) is 15.1. The molecule has 0 spiro atoms. The van der Waals surface area contributed by atoms with Crippen molar-refractivity contribution in [3.8, 4) is 23.2 Å². The first kappa shape index (κ1) is 20.1. The standard InChI is InChI=1S/C20H20FN5O.ClH/c1-12-13(6-5-7-14(12)21)18-25-16-17(22)23-15(24-19(16)26(18)2)8-11-20(27)9-3-4-10-20;/h5-7,27H,3-4,9-10H2,1-2H3,(H2,22,23,24);1H. The summed E-state index contributed by atoms with van der Waals surface area (Å²) in [7, 11) is 1.79. The SMILES string of the molecule is Cc1c(F)cccc1-c1nc2c(N)nc(C#CC3(O)CCCC3)nc2n1C.Cl. The number of halogens is 2. The number of aryl methyl sites for hydroxylation is 1. The van der Waals surface area contributed by atoms with E-state index in [1.165, 1.54) is 6.07 Å². The fraction of sp³-hybridized carbons (Fsp3) is 0.350. The molecule has 28 heavy (non-hydrogen) atoms. The number of benzene rings is 1. The average molecular weight is 402 g/mol. The number of nitrogens with zero attached hydrogens (tertiary/aromatic N) is 4. The van der Waals surface area contributed by atoms with Gasteiger partial charge in [-0.1, -0.05) is 18.1 Å². The highest BCUT2D eigenvalue weighted by atomic mass is 35.5. The molecule has 2 heterocycles. The Morgan fingerprint density at radius 1 is 1.21 bits per heavy atom. The second-order valence-corrected chi connectivity index (χ2v) is 7.00. The van der Waals surface area contributed by atoms with Crippen molar-refractivity contribution in [2.24, 2.45) is 7.05 Å². The van der Waals surface area contributed by atoms with Crippen molar-refractivity contribution < 1.29 is 9.50 Å². The average Bonchev–Trinajstić information content (AvgIpc) is 3.21. The number of nitrogens with two attached hydrogens (primary N) is 1. The summed E-state index contributed by atoms with van der Waals surface area (Å²) >= 11 is 0. The van der Waals surface area contributed by atoms with Gasteiger partial charge in [0.2, 0.25) is 5.82 Å². The van der Waals surface area contributed by atoms with Gasteiger partial charge in [-0.15, -0.1) is 12.4 Å². The monoisotopic (exact) mass is 401 g/mol. The van der Waals surface area contributed by atoms with E-state index in [2.05, 4.69) is 26.8 Å². The van der Waals surface area contributed by atoms with Crippen LogP contribution in [0.15, 0.2) is 18.2 Å². The third-order valence-corrected chi connectivity index (χ3v) is 5.09. The van der Waals surface area contributed by atoms with Crippen LogP contribution < -0.4 is 5.73 Å². The van der Waals surface area contributed by atoms with Gasteiger partial charge in [0.15, 0.2) is 17.0 Å². The first-order chi connectivity index (χ1) is 12.9. The summed E-state index contributed by atoms with van der Waals surface area (Å²) in [4.78, 5) is 13.2. The minimum atomic E-state index is -0.969. The highest BCUT2D eigenvalue weighted by Gasteiger charge is 2.28. The van der Waals surface area contributed by atoms with Gasteiger partial charge in [0.25, 0.3) is 0 Å². The lowest BCUT2D eigenvalue weighted by atomic mass is 10.0. The van der Waals surface area contributed by atoms with Gasteiger partial charge >= 0.3 is 0 Å². The number of anilines is 1. The van der Waals surface area contributed by atoms with Gasteiger partial charge in [-0.25, -0.2) is 19.3 Å². The maximum absolute atomic E-state index is 13.9. The highest BCUT2D eigenvalue weighted by molar-refractivity contribution is 5.86. The van der Waals surface area contributed by atoms with Gasteiger partial charge in [0.05, 0.1) is 0 Å². The molecular weight excluding hydrogens is 381 g/mol. The lowest BCUT2D eigenvalue weighted by molar-refractivity contribution is 0.110. The number of aliphatic hydroxyl groups is 1. The molecule has 2 aromatic heterocycles. The topological polar surface area (TPSA) is 89.8 Å². The summed E-state index contributed by atoms with van der Waals surface area (Å²) < 4.78 is 15.7. The summed E-state index contributed by atoms with van der Waals surface area (Å²) in [5.41, 5.74) is 7.24. The summed E-state index contributed by atoms with van der Waals surface area (Å²) in [6.07, 6.45) is 3.25. The molecule has 3 N–H and O–H groups in total. The molecule has 3 aromatic rings. The Kier molecular flexibility index (Phi) is 5.28. The van der Waals surface area contributed by atoms with Crippen LogP contribution in [0.4, 0.5) is 10.2 Å². The number of hydrogen-bond donors (Lipinski definition) is 2. The predicted molar refractivity (Wildman–Crippen MR) is 108 cm³/mol. The third-order valence-electron chi connectivity index (χ3n) is 5.09. The van der Waals surface area contributed by atoms with Gasteiger partial charge in [-0.2, -0.15) is 0 Å². The first-order valence-corrected chi connectivity index (χ1v) is 8.89. The zero-order chi connectivity index (χ0) is 19.2. The van der Waals surface area contributed by atoms with Crippen molar-refractivity contribution in [1.29, 1.82) is 0 Å². The van der Waals surface area contributed by atoms with E-state index in [1.807, 2.05) is 0 Å². The van der Waals surface area contributed by atoms with E-state index < -0.39 is 5.60 Å². The van der Waals surface area contributed by atoms with E-state index in [-0.39, 0.29) is 29.9 Å². The van der Waals surface area contributed by atoms with Crippen LogP contribution in [0.3, 0.4) is 0 Å². The molecule has 0 bridgehead atoms. The summed E-state index contributed by atoms with van der Waals surface area (Å²) in [5, 5.41) is 10.4. The van der Waals surface area contributed by atoms with Crippen molar-refractivity contribution in [3.63, 3.8) is 0 Å². The Labute approximate surface area is 168 Å². The molecule has 1 fully saturated rings. The molecule has 1 saturated carbocycles. The molecule has 1 aliphatic rings. The number of rotatable bonds is 1. The Balaban J connectivity index is 0.00000225. The Morgan fingerprint density at radius 3 is 2.64 bits per heavy atom. The number of hydrogen-bond acceptors (Lipinski definition) is 5. The molecule has 6 nitrogen and oxygen atoms in total. The zero-order valence-corrected chi connectivity index (χ0v) is 16.5. The predicted octanol–water partition coefficient (Wildman–Crippen LogP) is 3.14. The van der Waals surface area contributed by atoms with E-state index >= 15 is 0 Å². The molecule has 0 aliphatic heterocycles. The Morgan fingerprint density at radius 2 is 1.93 bits per heavy atom. The van der Waals surface area contributed by atoms with Crippen LogP contribution in [0, 0.1) is 24.6 Å². The Bertz CT molecular complexity index is 1110. The molecule has 4 rings (SSSR count). The number of fused-ring (bicyclic) bond motifs is 1. The summed E-state index contributed by atoms with van der Waals surface area (Å²) in [6, 6.07) is 4.86. The molecule has 0 radical (unpaired) electrons. The second-order valence-electron chi connectivity index (χ2n) is 7.00. The second kappa shape index (κ2) is 7.38. The lowest BCUT2D eigenvalue weighted by Crippen LogP contribution is -2.20. The quantitative estimate of drug-likeness (QED) is 0.611. The molecule has 146 valence electrons. The molecule has 8 heteroatoms. The van der Waals surface area contributed by atoms with Crippen LogP contribution in [0.5, 0.6) is 0 Å². The fourth-order valence-electron chi connectivity index (χ4n) is 3.49. The van der Waals surface area contributed by atoms with Crippen LogP contribution in [0.1, 0.15) is 37.1 Å². The first-order valence-electron chi connectivity index (χ1n) is 8.89. The highest BCUT2D eigenvalue weighted by Crippen LogP contribution is 2.30. The van der Waals surface area contributed by atoms with Gasteiger partial charge in [0.1, 0.15) is 17.2 Å². The van der Waals surface area contributed by atoms with Gasteiger partial charge in [-0.05, 0) is 50.2 Å². The van der Waals surface area contributed by atoms with Crippen molar-refractivity contribution in [1.82, 2.24) is 19.5 Å². The molecule has 0 amide bonds. The van der Waals surface area contributed by atoms with Crippen LogP contribution in [-0.4, -0.2) is 30.2 Å². The lowest BCUT2D eigenvalue weighted by Gasteiger charge is -2.12. The zero-order valence-electron chi connectivity index (χ0n) is 15.7. The minimum absolute atomic E-state index is 0. The van der Waals surface area contributed by atoms with Crippen LogP contribution in [0.2, 0.25) is 0 Å². The fourth-order valence-corrected chi connectivity index (χ4v) is 3.49. The van der Waals surface area contributed by atoms with Crippen molar-refractivity contribution in [2.75, 3.05) is 5.73 Å². The number of aromatic nitrogens is 4. The molecular formula is C20H21ClFN5O. The molecule has 0 saturated heterocycles. The smallest absolute Gasteiger partial charge is 0.209 e. The largest absolute Gasteiger partial charge is 0.382 e. The molecule has 0 atom stereocenters. The van der Waals surface area contributed by atoms with Crippen molar-refractivity contribution in [3.05, 3.63) is 35.4 Å². The van der Waals surface area contributed by atoms with E-state index in [0.29, 0.717) is 41.0 Å². The van der Waals surface area contributed by atoms with Gasteiger partial charge < -0.3 is 15.4 Å². The van der Waals surface area contributed by atoms with E-state index in [0.717, 1.165) is 12.8 Å². The number of nitrogen functional groups attached to an aromatic ring is 1. The summed E-state index contributed by atoms with van der Waals surface area (Å²) in [6.45, 7) is 1.71. The van der Waals surface area contributed by atoms with Crippen molar-refractivity contribution >= 4 is 29.4 Å². The molecule has 1 aliphatic carbocycles. The van der Waals surface area contributed by atoms with Crippen molar-refractivity contribution in [2.45, 2.75) is 38.2 Å². The van der Waals surface area contributed by atoms with Gasteiger partial charge in [0, 0.05) is 12.6 Å². The van der Waals surface area contributed by atoms with Gasteiger partial charge in [-0.3, -0.25) is 0 Å². The maximum Gasteiger partial charge on any atom is 0.209 e. The van der Waals surface area contributed by atoms with Crippen LogP contribution in [0.25, 0.3) is 22.6 Å². The van der Waals surface area contributed by atoms with Crippen LogP contribution >= 0.6 is 12.4 Å². The van der Waals surface area contributed by atoms with E-state index in [1.54, 1.807) is 30.7 Å². The minimum Gasteiger partial charge on any atom is -0.382 e. The molecule has 1 aromatic carbocycles. The Hall–Kier alpha value is -2.69. The third kappa shape index (κ3) is 3.41. The van der Waals surface area contributed by atoms with Crippen LogP contribution in [-0.2, 0) is 7.05 Å². The van der Waals surface area contributed by atoms with E-state index in [9.17, 15) is 9.50 Å². The summed E-state index contributed by atoms with van der Waals surface area (Å²) in [5.74, 6) is 6.45. The number of imidazole rings is 1. The maximum atomic E-state index is 13.9. The van der Waals surface area contributed by atoms with E-state index in [4.69, 9.17) is 5.73 Å².